The maximum atomic E-state index is 13.1. The van der Waals surface area contributed by atoms with E-state index < -0.39 is 5.82 Å². The quantitative estimate of drug-likeness (QED) is 0.514. The number of methoxy groups -OCH3 is 1. The second-order valence-electron chi connectivity index (χ2n) is 7.24. The maximum Gasteiger partial charge on any atom is 0.254 e. The lowest BCUT2D eigenvalue weighted by atomic mass is 10.2. The van der Waals surface area contributed by atoms with E-state index in [9.17, 15) is 18.8 Å². The van der Waals surface area contributed by atoms with Gasteiger partial charge in [-0.25, -0.2) is 9.37 Å². The summed E-state index contributed by atoms with van der Waals surface area (Å²) in [5, 5.41) is 7.56. The molecule has 1 heterocycles. The molecule has 0 spiro atoms. The highest BCUT2D eigenvalue weighted by molar-refractivity contribution is 7.13. The fraction of sp³-hybridized carbons (Fsp3) is 0.429. The molecular weight excluding hydrogens is 423 g/mol. The van der Waals surface area contributed by atoms with Crippen LogP contribution in [-0.4, -0.2) is 60.5 Å². The van der Waals surface area contributed by atoms with Crippen molar-refractivity contribution in [3.05, 3.63) is 46.7 Å². The van der Waals surface area contributed by atoms with Crippen molar-refractivity contribution >= 4 is 34.2 Å². The fourth-order valence-electron chi connectivity index (χ4n) is 2.94. The van der Waals surface area contributed by atoms with Gasteiger partial charge in [-0.15, -0.1) is 11.3 Å². The Bertz CT molecular complexity index is 914. The molecule has 0 bridgehead atoms. The average Bonchev–Trinajstić information content (AvgIpc) is 3.50. The number of thiazole rings is 1. The van der Waals surface area contributed by atoms with Crippen LogP contribution in [0.2, 0.25) is 0 Å². The summed E-state index contributed by atoms with van der Waals surface area (Å²) in [5.41, 5.74) is 0.903. The molecule has 1 aromatic heterocycles. The Morgan fingerprint density at radius 1 is 1.23 bits per heavy atom. The van der Waals surface area contributed by atoms with Crippen molar-refractivity contribution in [1.29, 1.82) is 0 Å². The lowest BCUT2D eigenvalue weighted by molar-refractivity contribution is -0.120. The number of aromatic nitrogens is 1. The predicted octanol–water partition coefficient (Wildman–Crippen LogP) is 2.22. The van der Waals surface area contributed by atoms with Gasteiger partial charge < -0.3 is 20.3 Å². The molecule has 1 fully saturated rings. The summed E-state index contributed by atoms with van der Waals surface area (Å²) >= 11 is 1.22. The summed E-state index contributed by atoms with van der Waals surface area (Å²) < 4.78 is 18.1. The molecule has 1 aliphatic rings. The van der Waals surface area contributed by atoms with Crippen molar-refractivity contribution < 1.29 is 23.5 Å². The van der Waals surface area contributed by atoms with Crippen LogP contribution in [0.15, 0.2) is 29.6 Å². The van der Waals surface area contributed by atoms with E-state index in [0.29, 0.717) is 29.5 Å². The Balaban J connectivity index is 1.51. The van der Waals surface area contributed by atoms with Gasteiger partial charge in [0.2, 0.25) is 11.8 Å². The molecule has 1 aliphatic carbocycles. The van der Waals surface area contributed by atoms with Gasteiger partial charge in [0.05, 0.1) is 12.1 Å². The molecule has 0 saturated heterocycles. The summed E-state index contributed by atoms with van der Waals surface area (Å²) in [6, 6.07) is 5.29. The number of ether oxygens (including phenoxy) is 1. The summed E-state index contributed by atoms with van der Waals surface area (Å²) in [4.78, 5) is 42.9. The van der Waals surface area contributed by atoms with E-state index in [-0.39, 0.29) is 36.7 Å². The van der Waals surface area contributed by atoms with Crippen LogP contribution in [0.4, 0.5) is 9.52 Å². The van der Waals surface area contributed by atoms with Crippen LogP contribution in [0.5, 0.6) is 0 Å². The molecule has 10 heteroatoms. The van der Waals surface area contributed by atoms with Crippen molar-refractivity contribution in [2.75, 3.05) is 32.1 Å². The number of carbonyl (C=O) groups is 3. The van der Waals surface area contributed by atoms with Crippen molar-refractivity contribution in [3.63, 3.8) is 0 Å². The van der Waals surface area contributed by atoms with E-state index in [0.717, 1.165) is 19.3 Å². The molecule has 2 N–H and O–H groups in total. The molecule has 8 nitrogen and oxygen atoms in total. The first kappa shape index (κ1) is 22.8. The van der Waals surface area contributed by atoms with Gasteiger partial charge in [-0.1, -0.05) is 0 Å². The number of nitrogens with one attached hydrogen (secondary N) is 2. The first-order chi connectivity index (χ1) is 15.0. The number of hydrogen-bond acceptors (Lipinski definition) is 6. The highest BCUT2D eigenvalue weighted by Gasteiger charge is 2.34. The molecule has 0 radical (unpaired) electrons. The monoisotopic (exact) mass is 448 g/mol. The SMILES string of the molecule is COCCCNC(=O)Cc1csc(NC(=O)CN(C(=O)c2ccc(F)cc2)C2CC2)n1. The van der Waals surface area contributed by atoms with Crippen molar-refractivity contribution in [3.8, 4) is 0 Å². The van der Waals surface area contributed by atoms with Gasteiger partial charge in [0, 0.05) is 37.2 Å². The zero-order chi connectivity index (χ0) is 22.2. The number of benzene rings is 1. The zero-order valence-corrected chi connectivity index (χ0v) is 18.0. The van der Waals surface area contributed by atoms with Crippen molar-refractivity contribution in [2.45, 2.75) is 31.7 Å². The highest BCUT2D eigenvalue weighted by Crippen LogP contribution is 2.28. The second-order valence-corrected chi connectivity index (χ2v) is 8.09. The van der Waals surface area contributed by atoms with Crippen LogP contribution < -0.4 is 10.6 Å². The third-order valence-corrected chi connectivity index (χ3v) is 5.45. The number of halogens is 1. The van der Waals surface area contributed by atoms with Crippen LogP contribution in [0.1, 0.15) is 35.3 Å². The maximum absolute atomic E-state index is 13.1. The van der Waals surface area contributed by atoms with Gasteiger partial charge in [-0.05, 0) is 43.5 Å². The van der Waals surface area contributed by atoms with Gasteiger partial charge in [0.1, 0.15) is 12.4 Å². The molecule has 1 aromatic carbocycles. The van der Waals surface area contributed by atoms with Gasteiger partial charge in [0.25, 0.3) is 5.91 Å². The zero-order valence-electron chi connectivity index (χ0n) is 17.2. The summed E-state index contributed by atoms with van der Waals surface area (Å²) in [5.74, 6) is -1.24. The number of nitrogens with zero attached hydrogens (tertiary/aromatic N) is 2. The minimum absolute atomic E-state index is 0.0111. The van der Waals surface area contributed by atoms with E-state index in [1.54, 1.807) is 12.5 Å². The van der Waals surface area contributed by atoms with Crippen LogP contribution in [0.25, 0.3) is 0 Å². The summed E-state index contributed by atoms with van der Waals surface area (Å²) in [7, 11) is 1.61. The first-order valence-corrected chi connectivity index (χ1v) is 10.9. The van der Waals surface area contributed by atoms with E-state index >= 15 is 0 Å². The number of amides is 3. The Hall–Kier alpha value is -2.85. The molecule has 3 amide bonds. The van der Waals surface area contributed by atoms with Gasteiger partial charge >= 0.3 is 0 Å². The predicted molar refractivity (Wildman–Crippen MR) is 114 cm³/mol. The lowest BCUT2D eigenvalue weighted by Crippen LogP contribution is -2.39. The minimum atomic E-state index is -0.421. The Morgan fingerprint density at radius 3 is 2.65 bits per heavy atom. The average molecular weight is 449 g/mol. The van der Waals surface area contributed by atoms with Crippen LogP contribution in [0, 0.1) is 5.82 Å². The van der Waals surface area contributed by atoms with Crippen molar-refractivity contribution in [2.24, 2.45) is 0 Å². The highest BCUT2D eigenvalue weighted by atomic mass is 32.1. The molecule has 166 valence electrons. The Labute approximate surface area is 183 Å². The molecule has 1 saturated carbocycles. The van der Waals surface area contributed by atoms with Crippen molar-refractivity contribution in [1.82, 2.24) is 15.2 Å². The smallest absolute Gasteiger partial charge is 0.254 e. The van der Waals surface area contributed by atoms with Crippen LogP contribution in [-0.2, 0) is 20.7 Å². The molecule has 0 atom stereocenters. The van der Waals surface area contributed by atoms with Gasteiger partial charge in [0.15, 0.2) is 5.13 Å². The molecule has 0 unspecified atom stereocenters. The third kappa shape index (κ3) is 7.11. The first-order valence-electron chi connectivity index (χ1n) is 10.0. The topological polar surface area (TPSA) is 101 Å². The standard InChI is InChI=1S/C21H25FN4O4S/c1-30-10-2-9-23-18(27)11-16-13-31-21(24-16)25-19(28)12-26(17-7-8-17)20(29)14-3-5-15(22)6-4-14/h3-6,13,17H,2,7-12H2,1H3,(H,23,27)(H,24,25,28). The van der Waals surface area contributed by atoms with E-state index in [4.69, 9.17) is 4.74 Å². The number of carbonyl (C=O) groups excluding carboxylic acids is 3. The summed E-state index contributed by atoms with van der Waals surface area (Å²) in [6.45, 7) is 0.990. The summed E-state index contributed by atoms with van der Waals surface area (Å²) in [6.07, 6.45) is 2.52. The van der Waals surface area contributed by atoms with E-state index in [1.165, 1.54) is 40.5 Å². The molecule has 0 aliphatic heterocycles. The number of hydrogen-bond donors (Lipinski definition) is 2. The normalized spacial score (nSPS) is 13.0. The largest absolute Gasteiger partial charge is 0.385 e. The third-order valence-electron chi connectivity index (χ3n) is 4.64. The number of rotatable bonds is 11. The molecule has 3 rings (SSSR count). The molecule has 31 heavy (non-hydrogen) atoms. The van der Waals surface area contributed by atoms with Crippen LogP contribution in [0.3, 0.4) is 0 Å². The number of anilines is 1. The minimum Gasteiger partial charge on any atom is -0.385 e. The van der Waals surface area contributed by atoms with Crippen LogP contribution >= 0.6 is 11.3 Å². The molecule has 2 aromatic rings. The molecular formula is C21H25FN4O4S. The fourth-order valence-corrected chi connectivity index (χ4v) is 3.67. The van der Waals surface area contributed by atoms with E-state index in [2.05, 4.69) is 15.6 Å². The Kier molecular flexibility index (Phi) is 8.07. The second kappa shape index (κ2) is 11.0. The van der Waals surface area contributed by atoms with Gasteiger partial charge in [-0.3, -0.25) is 14.4 Å². The van der Waals surface area contributed by atoms with Gasteiger partial charge in [-0.2, -0.15) is 0 Å². The lowest BCUT2D eigenvalue weighted by Gasteiger charge is -2.21. The Morgan fingerprint density at radius 2 is 1.97 bits per heavy atom. The van der Waals surface area contributed by atoms with E-state index in [1.807, 2.05) is 0 Å².